The Morgan fingerprint density at radius 1 is 1.09 bits per heavy atom. The lowest BCUT2D eigenvalue weighted by molar-refractivity contribution is -0.140. The third-order valence-corrected chi connectivity index (χ3v) is 5.35. The zero-order valence-electron chi connectivity index (χ0n) is 14.7. The van der Waals surface area contributed by atoms with Crippen LogP contribution in [0.1, 0.15) is 51.5 Å². The molecule has 0 aliphatic heterocycles. The fourth-order valence-corrected chi connectivity index (χ4v) is 3.71. The molecular weight excluding hydrogens is 288 g/mol. The number of unbranched alkanes of at least 4 members (excludes halogenated alkanes) is 1. The molecule has 0 heterocycles. The van der Waals surface area contributed by atoms with Crippen LogP contribution in [-0.4, -0.2) is 19.7 Å². The second-order valence-corrected chi connectivity index (χ2v) is 7.18. The van der Waals surface area contributed by atoms with Crippen molar-refractivity contribution in [2.45, 2.75) is 52.6 Å². The highest BCUT2D eigenvalue weighted by molar-refractivity contribution is 5.68. The summed E-state index contributed by atoms with van der Waals surface area (Å²) in [6.45, 7) is 6.26. The largest absolute Gasteiger partial charge is 0.469 e. The van der Waals surface area contributed by atoms with Gasteiger partial charge in [0.1, 0.15) is 0 Å². The monoisotopic (exact) mass is 318 g/mol. The quantitative estimate of drug-likeness (QED) is 0.467. The molecule has 0 saturated heterocycles. The van der Waals surface area contributed by atoms with E-state index in [1.165, 1.54) is 19.1 Å². The molecule has 1 saturated carbocycles. The van der Waals surface area contributed by atoms with E-state index in [4.69, 9.17) is 4.74 Å². The Balaban J connectivity index is 1.59. The number of carbonyl (C=O) groups excluding carboxylic acids is 1. The summed E-state index contributed by atoms with van der Waals surface area (Å²) in [4.78, 5) is 11.1. The fraction of sp³-hybridized carbons (Fsp3) is 0.650. The summed E-state index contributed by atoms with van der Waals surface area (Å²) < 4.78 is 10.5. The van der Waals surface area contributed by atoms with Crippen molar-refractivity contribution in [1.82, 2.24) is 0 Å². The maximum Gasteiger partial charge on any atom is 0.305 e. The number of carbonyl (C=O) groups is 1. The van der Waals surface area contributed by atoms with Gasteiger partial charge in [0.25, 0.3) is 0 Å². The molecule has 1 aliphatic rings. The molecule has 0 spiro atoms. The molecule has 0 radical (unpaired) electrons. The van der Waals surface area contributed by atoms with E-state index in [0.29, 0.717) is 18.4 Å². The van der Waals surface area contributed by atoms with Crippen molar-refractivity contribution in [3.05, 3.63) is 35.9 Å². The van der Waals surface area contributed by atoms with E-state index in [1.54, 1.807) is 0 Å². The summed E-state index contributed by atoms with van der Waals surface area (Å²) in [7, 11) is 1.46. The van der Waals surface area contributed by atoms with Gasteiger partial charge in [0.05, 0.1) is 13.7 Å². The average molecular weight is 318 g/mol. The molecular formula is C20H30O3. The van der Waals surface area contributed by atoms with Crippen LogP contribution in [0.5, 0.6) is 0 Å². The minimum atomic E-state index is -0.0917. The van der Waals surface area contributed by atoms with E-state index in [-0.39, 0.29) is 5.97 Å². The van der Waals surface area contributed by atoms with Crippen LogP contribution in [-0.2, 0) is 20.9 Å². The number of benzene rings is 1. The Bertz CT molecular complexity index is 481. The highest BCUT2D eigenvalue weighted by Gasteiger charge is 2.55. The van der Waals surface area contributed by atoms with Crippen molar-refractivity contribution in [2.24, 2.45) is 17.3 Å². The molecule has 0 N–H and O–H groups in total. The standard InChI is InChI=1S/C20H30O3/c1-20(2)17(11-7-8-12-19(21)22-3)18(20)13-14-23-15-16-9-5-4-6-10-16/h4-6,9-10,17-18H,7-8,11-15H2,1-3H3. The number of ether oxygens (including phenoxy) is 2. The van der Waals surface area contributed by atoms with Crippen molar-refractivity contribution in [2.75, 3.05) is 13.7 Å². The Morgan fingerprint density at radius 2 is 1.78 bits per heavy atom. The van der Waals surface area contributed by atoms with Gasteiger partial charge in [-0.15, -0.1) is 0 Å². The first-order chi connectivity index (χ1) is 11.1. The predicted molar refractivity (Wildman–Crippen MR) is 92.0 cm³/mol. The van der Waals surface area contributed by atoms with Crippen LogP contribution in [0.2, 0.25) is 0 Å². The Hall–Kier alpha value is -1.35. The van der Waals surface area contributed by atoms with Gasteiger partial charge >= 0.3 is 5.97 Å². The van der Waals surface area contributed by atoms with Crippen LogP contribution in [0.3, 0.4) is 0 Å². The Kier molecular flexibility index (Phi) is 6.64. The number of esters is 1. The van der Waals surface area contributed by atoms with Gasteiger partial charge in [-0.3, -0.25) is 4.79 Å². The summed E-state index contributed by atoms with van der Waals surface area (Å²) >= 11 is 0. The zero-order chi connectivity index (χ0) is 16.7. The summed E-state index contributed by atoms with van der Waals surface area (Å²) in [5.41, 5.74) is 1.67. The third-order valence-electron chi connectivity index (χ3n) is 5.35. The minimum absolute atomic E-state index is 0.0917. The van der Waals surface area contributed by atoms with Crippen LogP contribution < -0.4 is 0 Å². The Morgan fingerprint density at radius 3 is 2.48 bits per heavy atom. The maximum absolute atomic E-state index is 11.1. The molecule has 3 nitrogen and oxygen atoms in total. The van der Waals surface area contributed by atoms with E-state index >= 15 is 0 Å². The van der Waals surface area contributed by atoms with Crippen molar-refractivity contribution >= 4 is 5.97 Å². The van der Waals surface area contributed by atoms with Gasteiger partial charge in [-0.2, -0.15) is 0 Å². The first-order valence-corrected chi connectivity index (χ1v) is 8.74. The van der Waals surface area contributed by atoms with Crippen LogP contribution >= 0.6 is 0 Å². The topological polar surface area (TPSA) is 35.5 Å². The predicted octanol–water partition coefficient (Wildman–Crippen LogP) is 4.60. The van der Waals surface area contributed by atoms with Gasteiger partial charge in [0.15, 0.2) is 0 Å². The number of hydrogen-bond acceptors (Lipinski definition) is 3. The average Bonchev–Trinajstić information content (AvgIpc) is 3.08. The number of hydrogen-bond donors (Lipinski definition) is 0. The maximum atomic E-state index is 11.1. The second-order valence-electron chi connectivity index (χ2n) is 7.18. The van der Waals surface area contributed by atoms with Crippen molar-refractivity contribution in [1.29, 1.82) is 0 Å². The SMILES string of the molecule is COC(=O)CCCCC1C(CCOCc2ccccc2)C1(C)C. The van der Waals surface area contributed by atoms with Crippen molar-refractivity contribution in [3.8, 4) is 0 Å². The van der Waals surface area contributed by atoms with Gasteiger partial charge in [0.2, 0.25) is 0 Å². The van der Waals surface area contributed by atoms with Gasteiger partial charge in [-0.05, 0) is 42.1 Å². The molecule has 2 rings (SSSR count). The minimum Gasteiger partial charge on any atom is -0.469 e. The molecule has 2 atom stereocenters. The van der Waals surface area contributed by atoms with Crippen molar-refractivity contribution < 1.29 is 14.3 Å². The molecule has 1 aromatic carbocycles. The van der Waals surface area contributed by atoms with Crippen LogP contribution in [0.4, 0.5) is 0 Å². The van der Waals surface area contributed by atoms with Crippen LogP contribution in [0.25, 0.3) is 0 Å². The molecule has 2 unspecified atom stereocenters. The fourth-order valence-electron chi connectivity index (χ4n) is 3.71. The molecule has 128 valence electrons. The summed E-state index contributed by atoms with van der Waals surface area (Å²) in [5.74, 6) is 1.45. The van der Waals surface area contributed by atoms with Gasteiger partial charge < -0.3 is 9.47 Å². The lowest BCUT2D eigenvalue weighted by Gasteiger charge is -2.05. The lowest BCUT2D eigenvalue weighted by atomic mass is 10.0. The second kappa shape index (κ2) is 8.49. The smallest absolute Gasteiger partial charge is 0.305 e. The molecule has 3 heteroatoms. The molecule has 23 heavy (non-hydrogen) atoms. The molecule has 0 amide bonds. The van der Waals surface area contributed by atoms with Crippen molar-refractivity contribution in [3.63, 3.8) is 0 Å². The molecule has 1 fully saturated rings. The van der Waals surface area contributed by atoms with E-state index in [2.05, 4.69) is 30.7 Å². The Labute approximate surface area is 140 Å². The normalized spacial score (nSPS) is 21.9. The zero-order valence-corrected chi connectivity index (χ0v) is 14.7. The van der Waals surface area contributed by atoms with E-state index in [1.807, 2.05) is 18.2 Å². The van der Waals surface area contributed by atoms with E-state index in [9.17, 15) is 4.79 Å². The summed E-state index contributed by atoms with van der Waals surface area (Å²) in [6, 6.07) is 10.3. The molecule has 0 aromatic heterocycles. The van der Waals surface area contributed by atoms with Gasteiger partial charge in [-0.25, -0.2) is 0 Å². The number of methoxy groups -OCH3 is 1. The highest BCUT2D eigenvalue weighted by Crippen LogP contribution is 2.62. The van der Waals surface area contributed by atoms with Crippen LogP contribution in [0, 0.1) is 17.3 Å². The first-order valence-electron chi connectivity index (χ1n) is 8.74. The molecule has 1 aromatic rings. The van der Waals surface area contributed by atoms with Gasteiger partial charge in [-0.1, -0.05) is 50.6 Å². The molecule has 1 aliphatic carbocycles. The van der Waals surface area contributed by atoms with Gasteiger partial charge in [0, 0.05) is 13.0 Å². The summed E-state index contributed by atoms with van der Waals surface area (Å²) in [6.07, 6.45) is 4.96. The lowest BCUT2D eigenvalue weighted by Crippen LogP contribution is -1.99. The van der Waals surface area contributed by atoms with Crippen LogP contribution in [0.15, 0.2) is 30.3 Å². The number of rotatable bonds is 10. The van der Waals surface area contributed by atoms with E-state index < -0.39 is 0 Å². The van der Waals surface area contributed by atoms with E-state index in [0.717, 1.165) is 37.7 Å². The summed E-state index contributed by atoms with van der Waals surface area (Å²) in [5, 5.41) is 0. The first kappa shape index (κ1) is 18.0. The third kappa shape index (κ3) is 5.35. The highest BCUT2D eigenvalue weighted by atomic mass is 16.5. The molecule has 0 bridgehead atoms.